The Hall–Kier alpha value is -2.72. The number of nitrogens with one attached hydrogen (secondary N) is 2. The highest BCUT2D eigenvalue weighted by Gasteiger charge is 2.16. The fraction of sp³-hybridized carbons (Fsp3) is 0.278. The minimum Gasteiger partial charge on any atom is -0.353 e. The van der Waals surface area contributed by atoms with E-state index in [4.69, 9.17) is 16.1 Å². The maximum atomic E-state index is 12.1. The molecular formula is C18H18BrClN6O3. The van der Waals surface area contributed by atoms with Gasteiger partial charge in [0.15, 0.2) is 0 Å². The monoisotopic (exact) mass is 480 g/mol. The summed E-state index contributed by atoms with van der Waals surface area (Å²) >= 11 is 9.36. The molecule has 29 heavy (non-hydrogen) atoms. The second kappa shape index (κ2) is 9.19. The highest BCUT2D eigenvalue weighted by Crippen LogP contribution is 2.20. The Morgan fingerprint density at radius 2 is 2.00 bits per heavy atom. The quantitative estimate of drug-likeness (QED) is 0.501. The summed E-state index contributed by atoms with van der Waals surface area (Å²) in [6, 6.07) is 6.90. The number of carbonyl (C=O) groups excluding carboxylic acids is 2. The van der Waals surface area contributed by atoms with Gasteiger partial charge in [-0.2, -0.15) is 10.1 Å². The summed E-state index contributed by atoms with van der Waals surface area (Å²) in [6.45, 7) is 4.29. The van der Waals surface area contributed by atoms with Crippen molar-refractivity contribution in [1.29, 1.82) is 0 Å². The van der Waals surface area contributed by atoms with E-state index in [9.17, 15) is 9.59 Å². The molecule has 2 amide bonds. The van der Waals surface area contributed by atoms with Crippen molar-refractivity contribution >= 4 is 39.3 Å². The molecule has 0 saturated carbocycles. The molecule has 152 valence electrons. The SMILES string of the molecule is Cc1nn(CC(=O)NCCNC(=O)c2nc(-c3cccc(Cl)c3)no2)c(C)c1Br. The first-order chi connectivity index (χ1) is 13.8. The summed E-state index contributed by atoms with van der Waals surface area (Å²) < 4.78 is 7.48. The van der Waals surface area contributed by atoms with Crippen molar-refractivity contribution in [3.05, 3.63) is 51.0 Å². The number of amides is 2. The minimum atomic E-state index is -0.525. The molecule has 0 unspecified atom stereocenters. The number of aryl methyl sites for hydroxylation is 1. The number of aromatic nitrogens is 4. The van der Waals surface area contributed by atoms with E-state index in [-0.39, 0.29) is 37.3 Å². The zero-order valence-electron chi connectivity index (χ0n) is 15.7. The molecule has 0 aliphatic rings. The number of halogens is 2. The maximum absolute atomic E-state index is 12.1. The van der Waals surface area contributed by atoms with E-state index >= 15 is 0 Å². The maximum Gasteiger partial charge on any atom is 0.316 e. The third-order valence-corrected chi connectivity index (χ3v) is 5.41. The van der Waals surface area contributed by atoms with Gasteiger partial charge in [0, 0.05) is 23.7 Å². The van der Waals surface area contributed by atoms with Crippen molar-refractivity contribution < 1.29 is 14.1 Å². The molecule has 11 heteroatoms. The summed E-state index contributed by atoms with van der Waals surface area (Å²) in [7, 11) is 0. The lowest BCUT2D eigenvalue weighted by Crippen LogP contribution is -2.36. The minimum absolute atomic E-state index is 0.0961. The standard InChI is InChI=1S/C18H18BrClN6O3/c1-10-15(19)11(2)26(24-10)9-14(27)21-6-7-22-17(28)18-23-16(25-29-18)12-4-3-5-13(20)8-12/h3-5,8H,6-7,9H2,1-2H3,(H,21,27)(H,22,28). The molecule has 1 aromatic carbocycles. The van der Waals surface area contributed by atoms with E-state index in [0.717, 1.165) is 15.9 Å². The lowest BCUT2D eigenvalue weighted by Gasteiger charge is -2.07. The van der Waals surface area contributed by atoms with Crippen LogP contribution in [0.3, 0.4) is 0 Å². The molecule has 2 N–H and O–H groups in total. The van der Waals surface area contributed by atoms with E-state index in [1.807, 2.05) is 13.8 Å². The van der Waals surface area contributed by atoms with Crippen molar-refractivity contribution in [1.82, 2.24) is 30.6 Å². The van der Waals surface area contributed by atoms with Gasteiger partial charge in [0.25, 0.3) is 0 Å². The molecule has 0 fully saturated rings. The van der Waals surface area contributed by atoms with E-state index in [0.29, 0.717) is 10.6 Å². The smallest absolute Gasteiger partial charge is 0.316 e. The van der Waals surface area contributed by atoms with Gasteiger partial charge in [0.1, 0.15) is 6.54 Å². The average molecular weight is 482 g/mol. The molecule has 0 bridgehead atoms. The molecule has 0 atom stereocenters. The van der Waals surface area contributed by atoms with Crippen molar-refractivity contribution in [3.63, 3.8) is 0 Å². The molecular weight excluding hydrogens is 464 g/mol. The predicted molar refractivity (Wildman–Crippen MR) is 109 cm³/mol. The molecule has 0 aliphatic heterocycles. The third-order valence-electron chi connectivity index (χ3n) is 4.02. The third kappa shape index (κ3) is 5.21. The van der Waals surface area contributed by atoms with Crippen molar-refractivity contribution in [3.8, 4) is 11.4 Å². The van der Waals surface area contributed by atoms with Gasteiger partial charge in [0.05, 0.1) is 15.9 Å². The largest absolute Gasteiger partial charge is 0.353 e. The number of hydrogen-bond donors (Lipinski definition) is 2. The first-order valence-corrected chi connectivity index (χ1v) is 9.86. The van der Waals surface area contributed by atoms with Crippen LogP contribution in [0.2, 0.25) is 5.02 Å². The van der Waals surface area contributed by atoms with Crippen molar-refractivity contribution in [2.45, 2.75) is 20.4 Å². The average Bonchev–Trinajstić information content (AvgIpc) is 3.27. The van der Waals surface area contributed by atoms with Crippen LogP contribution >= 0.6 is 27.5 Å². The topological polar surface area (TPSA) is 115 Å². The first kappa shape index (κ1) is 21.0. The highest BCUT2D eigenvalue weighted by atomic mass is 79.9. The van der Waals surface area contributed by atoms with Gasteiger partial charge in [-0.05, 0) is 41.9 Å². The molecule has 0 spiro atoms. The van der Waals surface area contributed by atoms with E-state index < -0.39 is 5.91 Å². The molecule has 3 aromatic rings. The zero-order valence-corrected chi connectivity index (χ0v) is 18.0. The fourth-order valence-corrected chi connectivity index (χ4v) is 3.01. The van der Waals surface area contributed by atoms with Crippen molar-refractivity contribution in [2.75, 3.05) is 13.1 Å². The Morgan fingerprint density at radius 3 is 2.69 bits per heavy atom. The van der Waals surface area contributed by atoms with Gasteiger partial charge in [0.2, 0.25) is 11.7 Å². The van der Waals surface area contributed by atoms with E-state index in [2.05, 4.69) is 41.8 Å². The highest BCUT2D eigenvalue weighted by molar-refractivity contribution is 9.10. The molecule has 0 saturated heterocycles. The van der Waals surface area contributed by atoms with Crippen LogP contribution in [0.4, 0.5) is 0 Å². The number of carbonyl (C=O) groups is 2. The summed E-state index contributed by atoms with van der Waals surface area (Å²) in [4.78, 5) is 28.2. The van der Waals surface area contributed by atoms with E-state index in [1.165, 1.54) is 0 Å². The Morgan fingerprint density at radius 1 is 1.24 bits per heavy atom. The van der Waals surface area contributed by atoms with Crippen LogP contribution in [0.1, 0.15) is 22.1 Å². The molecule has 3 rings (SSSR count). The summed E-state index contributed by atoms with van der Waals surface area (Å²) in [5.74, 6) is -0.637. The summed E-state index contributed by atoms with van der Waals surface area (Å²) in [5, 5.41) is 13.9. The Bertz CT molecular complexity index is 1050. The molecule has 2 aromatic heterocycles. The van der Waals surface area contributed by atoms with Crippen LogP contribution < -0.4 is 10.6 Å². The van der Waals surface area contributed by atoms with Crippen LogP contribution in [0, 0.1) is 13.8 Å². The van der Waals surface area contributed by atoms with Gasteiger partial charge < -0.3 is 15.2 Å². The lowest BCUT2D eigenvalue weighted by atomic mass is 10.2. The van der Waals surface area contributed by atoms with Gasteiger partial charge in [-0.3, -0.25) is 14.3 Å². The predicted octanol–water partition coefficient (Wildman–Crippen LogP) is 2.51. The van der Waals surface area contributed by atoms with Crippen LogP contribution in [-0.4, -0.2) is 44.8 Å². The van der Waals surface area contributed by atoms with Crippen LogP contribution in [0.15, 0.2) is 33.3 Å². The van der Waals surface area contributed by atoms with Crippen molar-refractivity contribution in [2.24, 2.45) is 0 Å². The number of hydrogen-bond acceptors (Lipinski definition) is 6. The van der Waals surface area contributed by atoms with Crippen LogP contribution in [0.5, 0.6) is 0 Å². The second-order valence-electron chi connectivity index (χ2n) is 6.18. The molecule has 0 radical (unpaired) electrons. The molecule has 9 nitrogen and oxygen atoms in total. The summed E-state index contributed by atoms with van der Waals surface area (Å²) in [5.41, 5.74) is 2.33. The first-order valence-electron chi connectivity index (χ1n) is 8.69. The van der Waals surface area contributed by atoms with Gasteiger partial charge in [-0.15, -0.1) is 0 Å². The molecule has 2 heterocycles. The van der Waals surface area contributed by atoms with Gasteiger partial charge in [-0.1, -0.05) is 28.9 Å². The lowest BCUT2D eigenvalue weighted by molar-refractivity contribution is -0.121. The fourth-order valence-electron chi connectivity index (χ4n) is 2.54. The Labute approximate surface area is 179 Å². The van der Waals surface area contributed by atoms with E-state index in [1.54, 1.807) is 28.9 Å². The number of benzene rings is 1. The van der Waals surface area contributed by atoms with Crippen LogP contribution in [-0.2, 0) is 11.3 Å². The summed E-state index contributed by atoms with van der Waals surface area (Å²) in [6.07, 6.45) is 0. The zero-order chi connectivity index (χ0) is 21.0. The van der Waals surface area contributed by atoms with Gasteiger partial charge >= 0.3 is 11.8 Å². The second-order valence-corrected chi connectivity index (χ2v) is 7.41. The number of rotatable bonds is 7. The Kier molecular flexibility index (Phi) is 6.65. The molecule has 0 aliphatic carbocycles. The van der Waals surface area contributed by atoms with Gasteiger partial charge in [-0.25, -0.2) is 0 Å². The number of nitrogens with zero attached hydrogens (tertiary/aromatic N) is 4. The normalized spacial score (nSPS) is 10.8. The van der Waals surface area contributed by atoms with Crippen LogP contribution in [0.25, 0.3) is 11.4 Å². The Balaban J connectivity index is 1.45.